The Morgan fingerprint density at radius 2 is 1.57 bits per heavy atom. The molecule has 1 rings (SSSR count). The molecule has 0 aromatic heterocycles. The van der Waals surface area contributed by atoms with E-state index >= 15 is 0 Å². The van der Waals surface area contributed by atoms with Crippen molar-refractivity contribution in [3.8, 4) is 0 Å². The summed E-state index contributed by atoms with van der Waals surface area (Å²) in [6, 6.07) is 0. The maximum Gasteiger partial charge on any atom is 0.0704 e. The molecule has 0 aromatic carbocycles. The molecule has 1 atom stereocenters. The molecule has 1 nitrogen and oxygen atoms in total. The van der Waals surface area contributed by atoms with Gasteiger partial charge >= 0.3 is 0 Å². The van der Waals surface area contributed by atoms with Gasteiger partial charge in [-0.3, -0.25) is 0 Å². The Hall–Kier alpha value is -0.0400. The summed E-state index contributed by atoms with van der Waals surface area (Å²) in [6.45, 7) is 5.55. The van der Waals surface area contributed by atoms with E-state index in [4.69, 9.17) is 4.74 Å². The summed E-state index contributed by atoms with van der Waals surface area (Å²) in [7, 11) is 0. The summed E-state index contributed by atoms with van der Waals surface area (Å²) in [5.41, 5.74) is 0.323. The van der Waals surface area contributed by atoms with Crippen molar-refractivity contribution in [1.29, 1.82) is 0 Å². The average Bonchev–Trinajstić information content (AvgIpc) is 2.15. The van der Waals surface area contributed by atoms with Crippen LogP contribution in [0.1, 0.15) is 71.6 Å². The van der Waals surface area contributed by atoms with Gasteiger partial charge in [-0.2, -0.15) is 0 Å². The van der Waals surface area contributed by atoms with Crippen molar-refractivity contribution in [2.75, 3.05) is 6.61 Å². The molecule has 1 aliphatic heterocycles. The van der Waals surface area contributed by atoms with E-state index in [2.05, 4.69) is 13.8 Å². The van der Waals surface area contributed by atoms with E-state index in [1.165, 1.54) is 57.8 Å². The lowest BCUT2D eigenvalue weighted by Crippen LogP contribution is -2.43. The average molecular weight is 198 g/mol. The fourth-order valence-electron chi connectivity index (χ4n) is 2.28. The maximum atomic E-state index is 5.80. The minimum atomic E-state index is 0.323. The summed E-state index contributed by atoms with van der Waals surface area (Å²) in [5.74, 6) is 0. The second kappa shape index (κ2) is 6.44. The van der Waals surface area contributed by atoms with Crippen molar-refractivity contribution in [2.24, 2.45) is 0 Å². The molecule has 0 saturated carbocycles. The van der Waals surface area contributed by atoms with Crippen molar-refractivity contribution in [1.82, 2.24) is 0 Å². The fraction of sp³-hybridized carbons (Fsp3) is 1.00. The van der Waals surface area contributed by atoms with Crippen LogP contribution in [0.4, 0.5) is 0 Å². The molecular formula is C13H26O. The second-order valence-electron chi connectivity index (χ2n) is 4.70. The van der Waals surface area contributed by atoms with E-state index < -0.39 is 0 Å². The number of unbranched alkanes of at least 4 members (excludes halogenated alkanes) is 4. The first-order valence-corrected chi connectivity index (χ1v) is 6.47. The molecule has 0 N–H and O–H groups in total. The van der Waals surface area contributed by atoms with Gasteiger partial charge in [0.15, 0.2) is 0 Å². The van der Waals surface area contributed by atoms with Gasteiger partial charge in [0.25, 0.3) is 0 Å². The third kappa shape index (κ3) is 3.61. The number of rotatable bonds is 8. The molecule has 0 aliphatic carbocycles. The monoisotopic (exact) mass is 198 g/mol. The van der Waals surface area contributed by atoms with E-state index in [0.29, 0.717) is 5.60 Å². The Morgan fingerprint density at radius 1 is 0.929 bits per heavy atom. The minimum Gasteiger partial charge on any atom is -0.375 e. The van der Waals surface area contributed by atoms with Crippen LogP contribution in [0, 0.1) is 0 Å². The maximum absolute atomic E-state index is 5.80. The van der Waals surface area contributed by atoms with Crippen molar-refractivity contribution >= 4 is 0 Å². The van der Waals surface area contributed by atoms with Gasteiger partial charge in [-0.05, 0) is 19.3 Å². The lowest BCUT2D eigenvalue weighted by Gasteiger charge is -2.42. The largest absolute Gasteiger partial charge is 0.375 e. The second-order valence-corrected chi connectivity index (χ2v) is 4.70. The van der Waals surface area contributed by atoms with Crippen LogP contribution in [0.2, 0.25) is 0 Å². The molecule has 14 heavy (non-hydrogen) atoms. The topological polar surface area (TPSA) is 9.23 Å². The first kappa shape index (κ1) is 12.0. The van der Waals surface area contributed by atoms with Gasteiger partial charge in [-0.15, -0.1) is 0 Å². The lowest BCUT2D eigenvalue weighted by atomic mass is 9.84. The zero-order valence-corrected chi connectivity index (χ0v) is 9.98. The molecule has 1 aliphatic rings. The molecule has 1 heteroatoms. The van der Waals surface area contributed by atoms with Crippen LogP contribution >= 0.6 is 0 Å². The standard InChI is InChI=1S/C13H26O/c1-3-5-7-8-10-13(9-6-4-2)11-12-14-13/h3-12H2,1-2H3. The first-order chi connectivity index (χ1) is 6.83. The van der Waals surface area contributed by atoms with Crippen LogP contribution in [0.5, 0.6) is 0 Å². The number of ether oxygens (including phenoxy) is 1. The normalized spacial score (nSPS) is 26.1. The van der Waals surface area contributed by atoms with E-state index in [1.807, 2.05) is 0 Å². The predicted molar refractivity (Wildman–Crippen MR) is 61.6 cm³/mol. The van der Waals surface area contributed by atoms with Gasteiger partial charge in [0, 0.05) is 0 Å². The summed E-state index contributed by atoms with van der Waals surface area (Å²) in [4.78, 5) is 0. The van der Waals surface area contributed by atoms with Crippen LogP contribution in [-0.4, -0.2) is 12.2 Å². The third-order valence-electron chi connectivity index (χ3n) is 3.44. The van der Waals surface area contributed by atoms with Crippen molar-refractivity contribution in [2.45, 2.75) is 77.2 Å². The summed E-state index contributed by atoms with van der Waals surface area (Å²) >= 11 is 0. The number of hydrogen-bond donors (Lipinski definition) is 0. The fourth-order valence-corrected chi connectivity index (χ4v) is 2.28. The Bertz CT molecular complexity index is 138. The van der Waals surface area contributed by atoms with Crippen LogP contribution in [0.15, 0.2) is 0 Å². The van der Waals surface area contributed by atoms with Gasteiger partial charge < -0.3 is 4.74 Å². The van der Waals surface area contributed by atoms with Crippen LogP contribution in [-0.2, 0) is 4.74 Å². The lowest BCUT2D eigenvalue weighted by molar-refractivity contribution is -0.157. The van der Waals surface area contributed by atoms with E-state index in [1.54, 1.807) is 0 Å². The molecule has 1 saturated heterocycles. The van der Waals surface area contributed by atoms with E-state index in [9.17, 15) is 0 Å². The minimum absolute atomic E-state index is 0.323. The first-order valence-electron chi connectivity index (χ1n) is 6.47. The highest BCUT2D eigenvalue weighted by Gasteiger charge is 2.36. The highest BCUT2D eigenvalue weighted by atomic mass is 16.5. The molecule has 84 valence electrons. The third-order valence-corrected chi connectivity index (χ3v) is 3.44. The molecule has 0 amide bonds. The molecule has 1 unspecified atom stereocenters. The highest BCUT2D eigenvalue weighted by Crippen LogP contribution is 2.36. The Morgan fingerprint density at radius 3 is 2.07 bits per heavy atom. The van der Waals surface area contributed by atoms with E-state index in [0.717, 1.165) is 6.61 Å². The molecule has 0 spiro atoms. The predicted octanol–water partition coefficient (Wildman–Crippen LogP) is 4.31. The van der Waals surface area contributed by atoms with Crippen molar-refractivity contribution in [3.63, 3.8) is 0 Å². The van der Waals surface area contributed by atoms with Gasteiger partial charge in [0.05, 0.1) is 12.2 Å². The molecule has 0 radical (unpaired) electrons. The van der Waals surface area contributed by atoms with Crippen LogP contribution in [0.25, 0.3) is 0 Å². The van der Waals surface area contributed by atoms with E-state index in [-0.39, 0.29) is 0 Å². The number of hydrogen-bond acceptors (Lipinski definition) is 1. The SMILES string of the molecule is CCCCCCC1(CCCC)CCO1. The van der Waals surface area contributed by atoms with Crippen LogP contribution in [0.3, 0.4) is 0 Å². The van der Waals surface area contributed by atoms with Crippen molar-refractivity contribution in [3.05, 3.63) is 0 Å². The summed E-state index contributed by atoms with van der Waals surface area (Å²) in [5, 5.41) is 0. The summed E-state index contributed by atoms with van der Waals surface area (Å²) < 4.78 is 5.80. The van der Waals surface area contributed by atoms with Gasteiger partial charge in [-0.25, -0.2) is 0 Å². The smallest absolute Gasteiger partial charge is 0.0704 e. The molecule has 0 aromatic rings. The molecule has 0 bridgehead atoms. The Labute approximate surface area is 89.2 Å². The molecule has 1 heterocycles. The Balaban J connectivity index is 2.10. The van der Waals surface area contributed by atoms with Gasteiger partial charge in [-0.1, -0.05) is 52.4 Å². The zero-order chi connectivity index (χ0) is 10.3. The summed E-state index contributed by atoms with van der Waals surface area (Å²) in [6.07, 6.45) is 12.1. The zero-order valence-electron chi connectivity index (χ0n) is 9.98. The molecular weight excluding hydrogens is 172 g/mol. The van der Waals surface area contributed by atoms with Crippen LogP contribution < -0.4 is 0 Å². The van der Waals surface area contributed by atoms with Gasteiger partial charge in [0.1, 0.15) is 0 Å². The van der Waals surface area contributed by atoms with Gasteiger partial charge in [0.2, 0.25) is 0 Å². The Kier molecular flexibility index (Phi) is 5.54. The van der Waals surface area contributed by atoms with Crippen molar-refractivity contribution < 1.29 is 4.74 Å². The molecule has 1 fully saturated rings. The highest BCUT2D eigenvalue weighted by molar-refractivity contribution is 4.87. The quantitative estimate of drug-likeness (QED) is 0.528.